The topological polar surface area (TPSA) is 148 Å². The predicted octanol–water partition coefficient (Wildman–Crippen LogP) is 3.03. The minimum atomic E-state index is -5.08. The summed E-state index contributed by atoms with van der Waals surface area (Å²) in [4.78, 5) is 59.3. The van der Waals surface area contributed by atoms with Crippen molar-refractivity contribution in [1.82, 2.24) is 15.1 Å². The number of carbonyl (C=O) groups excluding carboxylic acids is 2. The maximum Gasteiger partial charge on any atom is 0.490 e. The molecule has 1 atom stereocenters. The highest BCUT2D eigenvalue weighted by atomic mass is 19.4. The molecule has 2 aromatic carbocycles. The molecule has 0 saturated heterocycles. The number of benzene rings is 2. The van der Waals surface area contributed by atoms with Crippen molar-refractivity contribution in [3.63, 3.8) is 0 Å². The fourth-order valence-electron chi connectivity index (χ4n) is 3.17. The van der Waals surface area contributed by atoms with E-state index in [1.807, 2.05) is 30.3 Å². The number of ether oxygens (including phenoxy) is 1. The maximum atomic E-state index is 13.1. The summed E-state index contributed by atoms with van der Waals surface area (Å²) in [5.41, 5.74) is -0.858. The number of rotatable bonds is 6. The van der Waals surface area contributed by atoms with Crippen molar-refractivity contribution < 1.29 is 37.4 Å². The van der Waals surface area contributed by atoms with Crippen LogP contribution in [0, 0.1) is 0 Å². The normalized spacial score (nSPS) is 12.2. The Balaban J connectivity index is 0.000000638. The molecule has 10 nitrogen and oxygen atoms in total. The van der Waals surface area contributed by atoms with Crippen LogP contribution in [0.5, 0.6) is 0 Å². The largest absolute Gasteiger partial charge is 0.490 e. The number of hydrogen-bond donors (Lipinski definition) is 3. The van der Waals surface area contributed by atoms with Gasteiger partial charge in [-0.2, -0.15) is 13.2 Å². The highest BCUT2D eigenvalue weighted by Gasteiger charge is 2.38. The lowest BCUT2D eigenvalue weighted by atomic mass is 10.0. The summed E-state index contributed by atoms with van der Waals surface area (Å²) in [6.45, 7) is 4.77. The maximum absolute atomic E-state index is 13.1. The fraction of sp³-hybridized carbons (Fsp3) is 0.320. The minimum absolute atomic E-state index is 0.214. The Morgan fingerprint density at radius 1 is 0.974 bits per heavy atom. The number of alkyl halides is 3. The van der Waals surface area contributed by atoms with Gasteiger partial charge in [-0.3, -0.25) is 19.5 Å². The number of Topliss-reactive ketones (excluding diaryl/α,β-unsaturated/α-hetero) is 1. The molecule has 1 aromatic heterocycles. The molecule has 3 N–H and O–H groups in total. The average Bonchev–Trinajstić information content (AvgIpc) is 2.81. The van der Waals surface area contributed by atoms with Gasteiger partial charge in [-0.25, -0.2) is 14.3 Å². The summed E-state index contributed by atoms with van der Waals surface area (Å²) in [7, 11) is 0. The van der Waals surface area contributed by atoms with Crippen LogP contribution >= 0.6 is 0 Å². The zero-order valence-corrected chi connectivity index (χ0v) is 20.7. The molecule has 204 valence electrons. The number of carboxylic acid groups (broad SMARTS) is 1. The molecule has 3 aromatic rings. The van der Waals surface area contributed by atoms with E-state index in [0.717, 1.165) is 10.2 Å². The molecule has 0 radical (unpaired) electrons. The molecule has 0 unspecified atom stereocenters. The van der Waals surface area contributed by atoms with E-state index in [9.17, 15) is 32.3 Å². The predicted molar refractivity (Wildman–Crippen MR) is 131 cm³/mol. The summed E-state index contributed by atoms with van der Waals surface area (Å²) < 4.78 is 38.0. The fourth-order valence-corrected chi connectivity index (χ4v) is 3.17. The zero-order chi connectivity index (χ0) is 28.7. The van der Waals surface area contributed by atoms with Gasteiger partial charge in [0.05, 0.1) is 16.8 Å². The molecule has 0 saturated carbocycles. The van der Waals surface area contributed by atoms with Crippen molar-refractivity contribution in [2.75, 3.05) is 0 Å². The number of ketones is 1. The highest BCUT2D eigenvalue weighted by Crippen LogP contribution is 2.13. The number of fused-ring (bicyclic) bond motifs is 1. The molecule has 1 heterocycles. The molecule has 0 spiro atoms. The second kappa shape index (κ2) is 12.2. The van der Waals surface area contributed by atoms with E-state index < -0.39 is 53.3 Å². The summed E-state index contributed by atoms with van der Waals surface area (Å²) in [6, 6.07) is 14.6. The van der Waals surface area contributed by atoms with E-state index in [1.165, 1.54) is 6.07 Å². The first-order valence-corrected chi connectivity index (χ1v) is 11.2. The summed E-state index contributed by atoms with van der Waals surface area (Å²) in [6.07, 6.45) is -5.60. The summed E-state index contributed by atoms with van der Waals surface area (Å²) >= 11 is 0. The van der Waals surface area contributed by atoms with Gasteiger partial charge in [-0.1, -0.05) is 42.5 Å². The van der Waals surface area contributed by atoms with E-state index in [2.05, 4.69) is 10.4 Å². The molecule has 0 fully saturated rings. The Morgan fingerprint density at radius 3 is 2.03 bits per heavy atom. The van der Waals surface area contributed by atoms with E-state index in [0.29, 0.717) is 0 Å². The molecule has 13 heteroatoms. The first-order valence-electron chi connectivity index (χ1n) is 11.2. The van der Waals surface area contributed by atoms with Gasteiger partial charge in [-0.15, -0.1) is 0 Å². The lowest BCUT2D eigenvalue weighted by Crippen LogP contribution is -2.47. The average molecular weight is 537 g/mol. The SMILES string of the molecule is CC(C)(C)OC(=O)N[C@@H](Cc1ccccc1)C(=O)Cn1[nH]c(=O)c2ccccc2c1=O.O=C(O)C(F)(F)F. The number of alkyl carbamates (subject to hydrolysis) is 1. The Kier molecular flexibility index (Phi) is 9.58. The van der Waals surface area contributed by atoms with Gasteiger partial charge in [0.25, 0.3) is 11.1 Å². The first kappa shape index (κ1) is 29.8. The van der Waals surface area contributed by atoms with Crippen LogP contribution in [0.15, 0.2) is 64.2 Å². The van der Waals surface area contributed by atoms with Crippen LogP contribution < -0.4 is 16.4 Å². The second-order valence-electron chi connectivity index (χ2n) is 9.04. The minimum Gasteiger partial charge on any atom is -0.475 e. The van der Waals surface area contributed by atoms with Crippen LogP contribution in [-0.2, 0) is 27.3 Å². The second-order valence-corrected chi connectivity index (χ2v) is 9.04. The number of aromatic nitrogens is 2. The number of carboxylic acids is 1. The zero-order valence-electron chi connectivity index (χ0n) is 20.7. The van der Waals surface area contributed by atoms with Crippen molar-refractivity contribution in [2.45, 2.75) is 51.6 Å². The quantitative estimate of drug-likeness (QED) is 0.438. The number of hydrogen-bond acceptors (Lipinski definition) is 6. The number of carbonyl (C=O) groups is 3. The third kappa shape index (κ3) is 8.91. The summed E-state index contributed by atoms with van der Waals surface area (Å²) in [5, 5.41) is 12.6. The lowest BCUT2D eigenvalue weighted by molar-refractivity contribution is -0.192. The Bertz CT molecular complexity index is 1410. The smallest absolute Gasteiger partial charge is 0.475 e. The highest BCUT2D eigenvalue weighted by molar-refractivity contribution is 5.88. The van der Waals surface area contributed by atoms with Gasteiger partial charge < -0.3 is 15.2 Å². The van der Waals surface area contributed by atoms with Gasteiger partial charge in [-0.05, 0) is 44.9 Å². The van der Waals surface area contributed by atoms with Gasteiger partial charge in [0.1, 0.15) is 12.1 Å². The Labute approximate surface area is 214 Å². The number of aliphatic carboxylic acids is 1. The first-order chi connectivity index (χ1) is 17.6. The van der Waals surface area contributed by atoms with Crippen LogP contribution in [-0.4, -0.2) is 50.6 Å². The van der Waals surface area contributed by atoms with Crippen molar-refractivity contribution in [2.24, 2.45) is 0 Å². The lowest BCUT2D eigenvalue weighted by Gasteiger charge is -2.23. The monoisotopic (exact) mass is 537 g/mol. The number of aromatic amines is 1. The summed E-state index contributed by atoms with van der Waals surface area (Å²) in [5.74, 6) is -3.20. The molecule has 38 heavy (non-hydrogen) atoms. The van der Waals surface area contributed by atoms with Crippen LogP contribution in [0.25, 0.3) is 10.8 Å². The molecule has 1 amide bonds. The number of nitrogens with zero attached hydrogens (tertiary/aromatic N) is 1. The molecule has 0 bridgehead atoms. The van der Waals surface area contributed by atoms with Gasteiger partial charge >= 0.3 is 18.2 Å². The van der Waals surface area contributed by atoms with Crippen LogP contribution in [0.1, 0.15) is 26.3 Å². The molecule has 0 aliphatic carbocycles. The van der Waals surface area contributed by atoms with Gasteiger partial charge in [0.2, 0.25) is 0 Å². The van der Waals surface area contributed by atoms with Crippen LogP contribution in [0.2, 0.25) is 0 Å². The van der Waals surface area contributed by atoms with E-state index in [4.69, 9.17) is 14.6 Å². The van der Waals surface area contributed by atoms with Gasteiger partial charge in [0, 0.05) is 0 Å². The van der Waals surface area contributed by atoms with Crippen molar-refractivity contribution in [3.8, 4) is 0 Å². The van der Waals surface area contributed by atoms with Crippen LogP contribution in [0.3, 0.4) is 0 Å². The molecular weight excluding hydrogens is 511 g/mol. The Morgan fingerprint density at radius 2 is 1.50 bits per heavy atom. The number of H-pyrrole nitrogens is 1. The van der Waals surface area contributed by atoms with Crippen molar-refractivity contribution >= 4 is 28.6 Å². The van der Waals surface area contributed by atoms with Crippen molar-refractivity contribution in [1.29, 1.82) is 0 Å². The molecule has 0 aliphatic heterocycles. The third-order valence-electron chi connectivity index (χ3n) is 4.80. The van der Waals surface area contributed by atoms with Gasteiger partial charge in [0.15, 0.2) is 5.78 Å². The van der Waals surface area contributed by atoms with Crippen LogP contribution in [0.4, 0.5) is 18.0 Å². The molecule has 0 aliphatic rings. The number of amides is 1. The molecular formula is C25H26F3N3O7. The van der Waals surface area contributed by atoms with E-state index in [1.54, 1.807) is 39.0 Å². The number of halogens is 3. The third-order valence-corrected chi connectivity index (χ3v) is 4.80. The number of nitrogens with one attached hydrogen (secondary N) is 2. The van der Waals surface area contributed by atoms with E-state index >= 15 is 0 Å². The molecule has 3 rings (SSSR count). The van der Waals surface area contributed by atoms with Crippen molar-refractivity contribution in [3.05, 3.63) is 80.9 Å². The standard InChI is InChI=1S/C23H25N3O5.C2HF3O2/c1-23(2,3)31-22(30)24-18(13-15-9-5-4-6-10-15)19(27)14-26-21(29)17-12-8-7-11-16(17)20(28)25-26;3-2(4,5)1(6)7/h4-12,18H,13-14H2,1-3H3,(H,24,30)(H,25,28);(H,6,7)/t18-;/m0./s1. The van der Waals surface area contributed by atoms with E-state index in [-0.39, 0.29) is 17.2 Å². The Hall–Kier alpha value is -4.42.